The Morgan fingerprint density at radius 2 is 1.26 bits per heavy atom. The molecule has 0 aliphatic carbocycles. The number of methoxy groups -OCH3 is 2. The smallest absolute Gasteiger partial charge is 0.408 e. The Hall–Kier alpha value is -6.04. The molecule has 22 nitrogen and oxygen atoms in total. The van der Waals surface area contributed by atoms with Crippen molar-refractivity contribution in [1.82, 2.24) is 5.32 Å². The molecule has 22 heteroatoms. The minimum absolute atomic E-state index is 0.0467. The molecule has 8 unspecified atom stereocenters. The second kappa shape index (κ2) is 25.4. The summed E-state index contributed by atoms with van der Waals surface area (Å²) < 4.78 is 81.9. The summed E-state index contributed by atoms with van der Waals surface area (Å²) in [6, 6.07) is 23.5. The number of hydrogen-bond acceptors (Lipinski definition) is 19. The third-order valence-electron chi connectivity index (χ3n) is 15.0. The number of benzene rings is 3. The van der Waals surface area contributed by atoms with E-state index in [1.165, 1.54) is 21.1 Å². The fourth-order valence-corrected chi connectivity index (χ4v) is 10.4. The molecule has 20 atom stereocenters. The third kappa shape index (κ3) is 12.4. The lowest BCUT2D eigenvalue weighted by Crippen LogP contribution is -2.68. The first-order chi connectivity index (χ1) is 36.6. The van der Waals surface area contributed by atoms with Crippen LogP contribution in [0.5, 0.6) is 0 Å². The van der Waals surface area contributed by atoms with Crippen LogP contribution in [0.1, 0.15) is 74.2 Å². The number of nitrogens with one attached hydrogen (secondary N) is 1. The fraction of sp³-hybridized carbons (Fsp3) is 0.574. The number of rotatable bonds is 19. The average molecular weight is 1060 g/mol. The van der Waals surface area contributed by atoms with Crippen molar-refractivity contribution >= 4 is 29.8 Å². The zero-order chi connectivity index (χ0) is 54.2. The van der Waals surface area contributed by atoms with E-state index in [1.54, 1.807) is 67.6 Å². The van der Waals surface area contributed by atoms with Crippen LogP contribution in [0.4, 0.5) is 4.79 Å². The Labute approximate surface area is 440 Å². The van der Waals surface area contributed by atoms with Gasteiger partial charge in [-0.1, -0.05) is 106 Å². The average Bonchev–Trinajstić information content (AvgIpc) is 3.90. The van der Waals surface area contributed by atoms with Crippen molar-refractivity contribution in [3.63, 3.8) is 0 Å². The van der Waals surface area contributed by atoms with Crippen LogP contribution in [0.25, 0.3) is 10.4 Å². The van der Waals surface area contributed by atoms with Crippen molar-refractivity contribution < 1.29 is 85.6 Å². The van der Waals surface area contributed by atoms with Crippen molar-refractivity contribution in [1.29, 1.82) is 0 Å². The predicted molar refractivity (Wildman–Crippen MR) is 263 cm³/mol. The molecule has 0 aromatic heterocycles. The van der Waals surface area contributed by atoms with Gasteiger partial charge in [-0.3, -0.25) is 4.79 Å². The second-order valence-corrected chi connectivity index (χ2v) is 19.6. The summed E-state index contributed by atoms with van der Waals surface area (Å²) in [5.41, 5.74) is 10.8. The highest BCUT2D eigenvalue weighted by atomic mass is 16.8. The van der Waals surface area contributed by atoms with E-state index in [9.17, 15) is 29.5 Å². The van der Waals surface area contributed by atoms with Crippen LogP contribution >= 0.6 is 0 Å². The number of carbonyl (C=O) groups is 5. The van der Waals surface area contributed by atoms with Crippen LogP contribution in [0.3, 0.4) is 0 Å². The Bertz CT molecular complexity index is 2510. The van der Waals surface area contributed by atoms with Gasteiger partial charge in [0.25, 0.3) is 0 Å². The monoisotopic (exact) mass is 1060 g/mol. The van der Waals surface area contributed by atoms with Gasteiger partial charge in [-0.15, -0.1) is 0 Å². The van der Waals surface area contributed by atoms with Crippen molar-refractivity contribution in [3.8, 4) is 0 Å². The van der Waals surface area contributed by atoms with Gasteiger partial charge in [0.15, 0.2) is 49.3 Å². The van der Waals surface area contributed by atoms with E-state index < -0.39 is 141 Å². The van der Waals surface area contributed by atoms with Crippen LogP contribution < -0.4 is 5.32 Å². The lowest BCUT2D eigenvalue weighted by molar-refractivity contribution is -0.363. The lowest BCUT2D eigenvalue weighted by atomic mass is 9.79. The Kier molecular flexibility index (Phi) is 18.8. The van der Waals surface area contributed by atoms with Gasteiger partial charge in [0.1, 0.15) is 43.2 Å². The largest absolute Gasteiger partial charge is 0.467 e. The summed E-state index contributed by atoms with van der Waals surface area (Å²) in [5.74, 6) is -3.82. The van der Waals surface area contributed by atoms with Crippen molar-refractivity contribution in [2.24, 2.45) is 28.8 Å². The number of carbonyl (C=O) groups excluding carboxylic acids is 5. The molecular weight excluding hydrogens is 993 g/mol. The number of ether oxygens (including phenoxy) is 13. The van der Waals surface area contributed by atoms with E-state index in [4.69, 9.17) is 61.6 Å². The lowest BCUT2D eigenvalue weighted by Gasteiger charge is -2.50. The minimum Gasteiger partial charge on any atom is -0.467 e. The molecule has 1 N–H and O–H groups in total. The highest BCUT2D eigenvalue weighted by molar-refractivity contribution is 5.90. The van der Waals surface area contributed by atoms with Gasteiger partial charge >= 0.3 is 24.0 Å². The number of nitrogens with zero attached hydrogens (tertiary/aromatic N) is 3. The first kappa shape index (κ1) is 56.2. The maximum atomic E-state index is 14.4. The summed E-state index contributed by atoms with van der Waals surface area (Å²) in [7, 11) is 2.66. The van der Waals surface area contributed by atoms with Gasteiger partial charge in [-0.25, -0.2) is 19.2 Å². The van der Waals surface area contributed by atoms with Gasteiger partial charge in [-0.05, 0) is 66.5 Å². The van der Waals surface area contributed by atoms with Crippen LogP contribution in [-0.2, 0) is 77.8 Å². The molecule has 1 amide bonds. The molecule has 3 aromatic rings. The topological polar surface area (TPSA) is 266 Å². The van der Waals surface area contributed by atoms with Crippen molar-refractivity contribution in [3.05, 3.63) is 118 Å². The summed E-state index contributed by atoms with van der Waals surface area (Å²) >= 11 is 0. The molecule has 5 aliphatic rings. The molecule has 76 heavy (non-hydrogen) atoms. The van der Waals surface area contributed by atoms with Gasteiger partial charge in [0, 0.05) is 17.9 Å². The molecule has 0 bridgehead atoms. The van der Waals surface area contributed by atoms with E-state index in [2.05, 4.69) is 15.3 Å². The quantitative estimate of drug-likeness (QED) is 0.0458. The number of ketones is 1. The van der Waals surface area contributed by atoms with Crippen LogP contribution in [-0.4, -0.2) is 149 Å². The van der Waals surface area contributed by atoms with E-state index in [1.807, 2.05) is 58.0 Å². The molecule has 5 fully saturated rings. The second-order valence-electron chi connectivity index (χ2n) is 19.6. The summed E-state index contributed by atoms with van der Waals surface area (Å²) in [6.45, 7) is 10.2. The van der Waals surface area contributed by atoms with E-state index >= 15 is 0 Å². The van der Waals surface area contributed by atoms with E-state index in [-0.39, 0.29) is 35.5 Å². The highest BCUT2D eigenvalue weighted by Crippen LogP contribution is 2.42. The molecule has 0 saturated carbocycles. The van der Waals surface area contributed by atoms with Gasteiger partial charge < -0.3 is 66.9 Å². The van der Waals surface area contributed by atoms with E-state index in [0.29, 0.717) is 12.0 Å². The first-order valence-corrected chi connectivity index (χ1v) is 25.5. The number of azide groups is 1. The molecule has 0 radical (unpaired) electrons. The summed E-state index contributed by atoms with van der Waals surface area (Å²) in [5, 5.41) is 6.78. The molecule has 410 valence electrons. The standard InChI is InChI=1S/C54H66N4O18/c1-9-35-42(74-50-29(4)27(2)28(3)40(72-50)49(62)64-7)43-38(56-54(63)76-43)52(68-35)75-45-41(31(6)59)73-53(46(70-48(61)34-23-17-12-18-24-34)44(45)66-25-32-19-13-10-14-20-32)71-39-30(5)37(57-58-55)51(65-8)69-36(39)26-67-47(60)33-21-15-11-16-22-33/h10-24,27-30,35-46,50-53H,9,25-26H2,1-8H3,(H,56,63)/t27-,28-,29?,30+,35?,36?,37?,38?,39-,40?,41?,42+,43+,44+,45+,46?,50-,51-,52+,53+/m0/s1. The number of Topliss-reactive ketones (excluding diaryl/α,β-unsaturated/α-hetero) is 1. The maximum absolute atomic E-state index is 14.4. The Morgan fingerprint density at radius 3 is 1.88 bits per heavy atom. The molecule has 5 saturated heterocycles. The first-order valence-electron chi connectivity index (χ1n) is 25.5. The molecule has 8 rings (SSSR count). The number of amides is 1. The molecule has 3 aromatic carbocycles. The SMILES string of the molecule is CCC1O[C@H](O[C@@H]2C(C(C)=O)O[C@@H](O[C@@H]3C(COC(=O)c4ccccc4)O[C@H](OC)C(N=[N+]=[N-])[C@H]3C)C(OC(=O)c3ccccc3)[C@@H]2OCc2ccccc2)C2NC(=O)O[C@H]2[C@@H]1O[C@@H]1OC(C(=O)OC)[C@@H](C)[C@H](C)C1C. The zero-order valence-corrected chi connectivity index (χ0v) is 43.5. The Morgan fingerprint density at radius 1 is 0.658 bits per heavy atom. The summed E-state index contributed by atoms with van der Waals surface area (Å²) in [6.07, 6.45) is -17.6. The maximum Gasteiger partial charge on any atom is 0.408 e. The minimum atomic E-state index is -1.66. The van der Waals surface area contributed by atoms with E-state index in [0.717, 1.165) is 0 Å². The van der Waals surface area contributed by atoms with Crippen molar-refractivity contribution in [2.45, 2.75) is 153 Å². The zero-order valence-electron chi connectivity index (χ0n) is 43.5. The third-order valence-corrected chi connectivity index (χ3v) is 15.0. The number of esters is 3. The summed E-state index contributed by atoms with van der Waals surface area (Å²) in [4.78, 5) is 71.1. The molecule has 0 spiro atoms. The van der Waals surface area contributed by atoms with Gasteiger partial charge in [0.05, 0.1) is 43.1 Å². The molecule has 5 heterocycles. The highest BCUT2D eigenvalue weighted by Gasteiger charge is 2.60. The molecule has 5 aliphatic heterocycles. The number of fused-ring (bicyclic) bond motifs is 1. The number of hydrogen-bond donors (Lipinski definition) is 1. The number of alkyl carbamates (subject to hydrolysis) is 1. The van der Waals surface area contributed by atoms with Crippen molar-refractivity contribution in [2.75, 3.05) is 20.8 Å². The Balaban J connectivity index is 1.15. The van der Waals surface area contributed by atoms with Crippen LogP contribution in [0.15, 0.2) is 96.1 Å². The van der Waals surface area contributed by atoms with Crippen LogP contribution in [0, 0.1) is 23.7 Å². The van der Waals surface area contributed by atoms with Gasteiger partial charge in [0.2, 0.25) is 0 Å². The van der Waals surface area contributed by atoms with Crippen LogP contribution in [0.2, 0.25) is 0 Å². The van der Waals surface area contributed by atoms with Gasteiger partial charge in [-0.2, -0.15) is 0 Å². The fourth-order valence-electron chi connectivity index (χ4n) is 10.4. The predicted octanol–water partition coefficient (Wildman–Crippen LogP) is 6.23. The molecular formula is C54H66N4O18. The normalized spacial score (nSPS) is 36.0.